The molecule has 2 unspecified atom stereocenters. The predicted octanol–water partition coefficient (Wildman–Crippen LogP) is 17.5. The minimum atomic E-state index is -0.834. The van der Waals surface area contributed by atoms with Crippen molar-refractivity contribution >= 4 is 5.91 Å². The van der Waals surface area contributed by atoms with Crippen LogP contribution in [-0.2, 0) is 4.79 Å². The molecule has 0 aliphatic heterocycles. The second-order valence-corrected chi connectivity index (χ2v) is 18.7. The van der Waals surface area contributed by atoms with Crippen LogP contribution in [0.5, 0.6) is 0 Å². The summed E-state index contributed by atoms with van der Waals surface area (Å²) >= 11 is 0. The van der Waals surface area contributed by atoms with Crippen LogP contribution < -0.4 is 5.32 Å². The first-order chi connectivity index (χ1) is 29.2. The molecule has 0 radical (unpaired) electrons. The normalized spacial score (nSPS) is 12.9. The van der Waals surface area contributed by atoms with Crippen molar-refractivity contribution in [2.45, 2.75) is 315 Å². The maximum absolute atomic E-state index is 12.4. The van der Waals surface area contributed by atoms with Crippen LogP contribution in [0.2, 0.25) is 0 Å². The number of hydrogen-bond donors (Lipinski definition) is 3. The summed E-state index contributed by atoms with van der Waals surface area (Å²) in [6, 6.07) is -0.617. The van der Waals surface area contributed by atoms with Crippen LogP contribution in [0.15, 0.2) is 24.3 Å². The van der Waals surface area contributed by atoms with E-state index >= 15 is 0 Å². The van der Waals surface area contributed by atoms with Crippen molar-refractivity contribution < 1.29 is 15.0 Å². The van der Waals surface area contributed by atoms with Crippen LogP contribution in [0.3, 0.4) is 0 Å². The number of unbranched alkanes of at least 4 members (excludes halogenated alkanes) is 41. The molecule has 0 fully saturated rings. The van der Waals surface area contributed by atoms with E-state index in [9.17, 15) is 15.0 Å². The molecule has 4 heteroatoms. The molecule has 59 heavy (non-hydrogen) atoms. The van der Waals surface area contributed by atoms with E-state index in [0.29, 0.717) is 6.42 Å². The Balaban J connectivity index is 3.38. The van der Waals surface area contributed by atoms with Crippen molar-refractivity contribution in [2.24, 2.45) is 0 Å². The van der Waals surface area contributed by atoms with Crippen LogP contribution in [0.4, 0.5) is 0 Å². The molecule has 1 amide bonds. The van der Waals surface area contributed by atoms with Gasteiger partial charge in [0.05, 0.1) is 18.8 Å². The average Bonchev–Trinajstić information content (AvgIpc) is 3.24. The van der Waals surface area contributed by atoms with Crippen LogP contribution in [0, 0.1) is 0 Å². The van der Waals surface area contributed by atoms with Crippen LogP contribution >= 0.6 is 0 Å². The molecule has 4 nitrogen and oxygen atoms in total. The lowest BCUT2D eigenvalue weighted by atomic mass is 10.0. The lowest BCUT2D eigenvalue weighted by molar-refractivity contribution is -0.123. The number of carbonyl (C=O) groups is 1. The molecule has 0 saturated heterocycles. The van der Waals surface area contributed by atoms with E-state index in [1.165, 1.54) is 257 Å². The zero-order valence-corrected chi connectivity index (χ0v) is 40.3. The standard InChI is InChI=1S/C55H107NO3/c1-3-5-7-9-11-13-15-17-18-19-20-21-22-23-24-25-26-27-28-29-30-31-32-33-34-35-36-37-38-39-41-43-45-47-49-51-55(59)56-53(52-57)54(58)50-48-46-44-42-40-16-14-12-10-8-6-4-2/h19-20,48,50,53-54,57-58H,3-18,21-47,49,51-52H2,1-2H3,(H,56,59)/b20-19-,50-48+. The Morgan fingerprint density at radius 1 is 0.390 bits per heavy atom. The molecule has 350 valence electrons. The quantitative estimate of drug-likeness (QED) is 0.0422. The second kappa shape index (κ2) is 51.2. The van der Waals surface area contributed by atoms with Gasteiger partial charge in [0.15, 0.2) is 0 Å². The fourth-order valence-electron chi connectivity index (χ4n) is 8.53. The smallest absolute Gasteiger partial charge is 0.220 e. The number of hydrogen-bond acceptors (Lipinski definition) is 3. The van der Waals surface area contributed by atoms with Crippen molar-refractivity contribution in [1.29, 1.82) is 0 Å². The maximum Gasteiger partial charge on any atom is 0.220 e. The number of nitrogens with one attached hydrogen (secondary N) is 1. The average molecular weight is 830 g/mol. The second-order valence-electron chi connectivity index (χ2n) is 18.7. The van der Waals surface area contributed by atoms with Gasteiger partial charge < -0.3 is 15.5 Å². The minimum Gasteiger partial charge on any atom is -0.394 e. The van der Waals surface area contributed by atoms with Crippen LogP contribution in [-0.4, -0.2) is 34.9 Å². The van der Waals surface area contributed by atoms with E-state index in [2.05, 4.69) is 31.3 Å². The molecular formula is C55H107NO3. The summed E-state index contributed by atoms with van der Waals surface area (Å²) < 4.78 is 0. The van der Waals surface area contributed by atoms with Gasteiger partial charge in [-0.05, 0) is 44.9 Å². The van der Waals surface area contributed by atoms with Crippen molar-refractivity contribution in [3.8, 4) is 0 Å². The Morgan fingerprint density at radius 2 is 0.644 bits per heavy atom. The van der Waals surface area contributed by atoms with Gasteiger partial charge >= 0.3 is 0 Å². The summed E-state index contributed by atoms with van der Waals surface area (Å²) in [6.07, 6.45) is 67.8. The van der Waals surface area contributed by atoms with Crippen molar-refractivity contribution in [3.05, 3.63) is 24.3 Å². The Hall–Kier alpha value is -1.13. The molecular weight excluding hydrogens is 723 g/mol. The summed E-state index contributed by atoms with van der Waals surface area (Å²) in [7, 11) is 0. The highest BCUT2D eigenvalue weighted by molar-refractivity contribution is 5.76. The van der Waals surface area contributed by atoms with Gasteiger partial charge in [-0.15, -0.1) is 0 Å². The minimum absolute atomic E-state index is 0.0594. The monoisotopic (exact) mass is 830 g/mol. The number of rotatable bonds is 50. The predicted molar refractivity (Wildman–Crippen MR) is 262 cm³/mol. The van der Waals surface area contributed by atoms with Gasteiger partial charge in [-0.25, -0.2) is 0 Å². The lowest BCUT2D eigenvalue weighted by Gasteiger charge is -2.20. The summed E-state index contributed by atoms with van der Waals surface area (Å²) in [4.78, 5) is 12.4. The van der Waals surface area contributed by atoms with Gasteiger partial charge in [-0.1, -0.05) is 276 Å². The van der Waals surface area contributed by atoms with Gasteiger partial charge in [-0.3, -0.25) is 4.79 Å². The van der Waals surface area contributed by atoms with E-state index in [-0.39, 0.29) is 12.5 Å². The molecule has 0 saturated carbocycles. The highest BCUT2D eigenvalue weighted by Crippen LogP contribution is 2.17. The van der Waals surface area contributed by atoms with Gasteiger partial charge in [0.25, 0.3) is 0 Å². The first kappa shape index (κ1) is 57.9. The van der Waals surface area contributed by atoms with Gasteiger partial charge in [-0.2, -0.15) is 0 Å². The third kappa shape index (κ3) is 47.8. The summed E-state index contributed by atoms with van der Waals surface area (Å²) in [5.74, 6) is -0.0594. The molecule has 2 atom stereocenters. The van der Waals surface area contributed by atoms with E-state index in [1.54, 1.807) is 6.08 Å². The Morgan fingerprint density at radius 3 is 0.932 bits per heavy atom. The number of amides is 1. The molecule has 3 N–H and O–H groups in total. The lowest BCUT2D eigenvalue weighted by Crippen LogP contribution is -2.45. The zero-order chi connectivity index (χ0) is 42.8. The van der Waals surface area contributed by atoms with E-state index in [0.717, 1.165) is 25.7 Å². The van der Waals surface area contributed by atoms with Gasteiger partial charge in [0.1, 0.15) is 0 Å². The molecule has 0 aliphatic carbocycles. The van der Waals surface area contributed by atoms with E-state index in [1.807, 2.05) is 6.08 Å². The van der Waals surface area contributed by atoms with Crippen molar-refractivity contribution in [1.82, 2.24) is 5.32 Å². The molecule has 0 aromatic rings. The zero-order valence-electron chi connectivity index (χ0n) is 40.3. The number of carbonyl (C=O) groups excluding carboxylic acids is 1. The van der Waals surface area contributed by atoms with E-state index < -0.39 is 12.1 Å². The first-order valence-electron chi connectivity index (χ1n) is 27.1. The highest BCUT2D eigenvalue weighted by Gasteiger charge is 2.18. The Bertz CT molecular complexity index is 855. The summed E-state index contributed by atoms with van der Waals surface area (Å²) in [5, 5.41) is 23.0. The summed E-state index contributed by atoms with van der Waals surface area (Å²) in [5.41, 5.74) is 0. The molecule has 0 aromatic heterocycles. The number of aliphatic hydroxyl groups excluding tert-OH is 2. The number of aliphatic hydroxyl groups is 2. The Kier molecular flexibility index (Phi) is 50.2. The van der Waals surface area contributed by atoms with Crippen LogP contribution in [0.1, 0.15) is 303 Å². The SMILES string of the molecule is CCCCCCCCCC/C=C\CCCCCCCCCCCCCCCCCCCCCCCCCC(=O)NC(CO)C(O)/C=C/CCCCCCCCCCCC. The molecule has 0 aliphatic rings. The highest BCUT2D eigenvalue weighted by atomic mass is 16.3. The molecule has 0 aromatic carbocycles. The first-order valence-corrected chi connectivity index (χ1v) is 27.1. The summed E-state index contributed by atoms with van der Waals surface area (Å²) in [6.45, 7) is 4.32. The molecule has 0 heterocycles. The van der Waals surface area contributed by atoms with Gasteiger partial charge in [0.2, 0.25) is 5.91 Å². The van der Waals surface area contributed by atoms with E-state index in [4.69, 9.17) is 0 Å². The third-order valence-corrected chi connectivity index (χ3v) is 12.7. The van der Waals surface area contributed by atoms with Gasteiger partial charge in [0, 0.05) is 6.42 Å². The molecule has 0 bridgehead atoms. The fraction of sp³-hybridized carbons (Fsp3) is 0.909. The number of allylic oxidation sites excluding steroid dienone is 3. The third-order valence-electron chi connectivity index (χ3n) is 12.7. The van der Waals surface area contributed by atoms with Crippen LogP contribution in [0.25, 0.3) is 0 Å². The maximum atomic E-state index is 12.4. The van der Waals surface area contributed by atoms with Crippen molar-refractivity contribution in [3.63, 3.8) is 0 Å². The van der Waals surface area contributed by atoms with Crippen molar-refractivity contribution in [2.75, 3.05) is 6.61 Å². The Labute approximate surface area is 370 Å². The molecule has 0 spiro atoms. The fourth-order valence-corrected chi connectivity index (χ4v) is 8.53. The largest absolute Gasteiger partial charge is 0.394 e. The molecule has 0 rings (SSSR count). The topological polar surface area (TPSA) is 69.6 Å².